The smallest absolute Gasteiger partial charge is 0.340 e. The molecule has 4 N–H and O–H groups in total. The number of hydrogen-bond donors (Lipinski definition) is 4. The summed E-state index contributed by atoms with van der Waals surface area (Å²) in [5.41, 5.74) is -1.25. The van der Waals surface area contributed by atoms with Crippen molar-refractivity contribution < 1.29 is 39.2 Å². The number of phenolic OH excluding ortho intramolecular Hbond substituents is 2. The van der Waals surface area contributed by atoms with Crippen molar-refractivity contribution in [1.29, 1.82) is 0 Å². The summed E-state index contributed by atoms with van der Waals surface area (Å²) in [5.74, 6) is -1.14. The van der Waals surface area contributed by atoms with Gasteiger partial charge in [0, 0.05) is 28.8 Å². The maximum Gasteiger partial charge on any atom is 0.340 e. The van der Waals surface area contributed by atoms with Crippen LogP contribution < -0.4 is 10.1 Å². The Labute approximate surface area is 185 Å². The van der Waals surface area contributed by atoms with E-state index in [1.807, 2.05) is 5.92 Å². The number of fused-ring (bicyclic) bond motifs is 6. The number of aromatic carboxylic acids is 1. The lowest BCUT2D eigenvalue weighted by Gasteiger charge is -2.36. The standard InChI is InChI=1S/C24H13NO8/c1-2-21(28)25-18-10-13-17(9-14(18)22(29)30)24(33-23(13)31)15-5-3-11(26)7-19(15)32-20-8-12(27)4-6-16(20)24/h1,3-10,26-27H,(H,25,28)(H,29,30). The molecule has 0 aromatic heterocycles. The van der Waals surface area contributed by atoms with E-state index in [0.717, 1.165) is 0 Å². The molecule has 0 aliphatic carbocycles. The highest BCUT2D eigenvalue weighted by atomic mass is 16.6. The molecule has 2 aliphatic heterocycles. The van der Waals surface area contributed by atoms with Crippen molar-refractivity contribution in [3.05, 3.63) is 76.3 Å². The van der Waals surface area contributed by atoms with Crippen LogP contribution in [0.3, 0.4) is 0 Å². The van der Waals surface area contributed by atoms with E-state index in [4.69, 9.17) is 15.9 Å². The van der Waals surface area contributed by atoms with Crippen LogP contribution in [0.1, 0.15) is 37.4 Å². The first-order valence-corrected chi connectivity index (χ1v) is 9.52. The number of esters is 1. The second-order valence-electron chi connectivity index (χ2n) is 7.38. The third kappa shape index (κ3) is 2.78. The minimum absolute atomic E-state index is 0.00673. The van der Waals surface area contributed by atoms with Crippen LogP contribution >= 0.6 is 0 Å². The Hall–Kier alpha value is -4.97. The van der Waals surface area contributed by atoms with Crippen molar-refractivity contribution in [3.8, 4) is 35.3 Å². The van der Waals surface area contributed by atoms with Crippen molar-refractivity contribution in [1.82, 2.24) is 0 Å². The van der Waals surface area contributed by atoms with E-state index in [1.54, 1.807) is 0 Å². The van der Waals surface area contributed by atoms with E-state index in [-0.39, 0.29) is 45.4 Å². The van der Waals surface area contributed by atoms with Crippen LogP contribution in [0.15, 0.2) is 48.5 Å². The molecule has 0 unspecified atom stereocenters. The molecule has 0 fully saturated rings. The lowest BCUT2D eigenvalue weighted by molar-refractivity contribution is -0.111. The number of carboxylic acid groups (broad SMARTS) is 1. The molecule has 2 aliphatic rings. The van der Waals surface area contributed by atoms with Crippen LogP contribution in [0.25, 0.3) is 0 Å². The Balaban J connectivity index is 1.85. The van der Waals surface area contributed by atoms with Crippen LogP contribution in [0.2, 0.25) is 0 Å². The summed E-state index contributed by atoms with van der Waals surface area (Å²) in [6, 6.07) is 10.8. The van der Waals surface area contributed by atoms with Crippen molar-refractivity contribution in [2.75, 3.05) is 5.32 Å². The summed E-state index contributed by atoms with van der Waals surface area (Å²) in [4.78, 5) is 36.7. The van der Waals surface area contributed by atoms with Gasteiger partial charge in [0.05, 0.1) is 16.8 Å². The molecule has 1 amide bonds. The molecular formula is C24H13NO8. The van der Waals surface area contributed by atoms with Crippen molar-refractivity contribution in [2.24, 2.45) is 0 Å². The van der Waals surface area contributed by atoms with Gasteiger partial charge in [0.2, 0.25) is 0 Å². The molecule has 5 rings (SSSR count). The molecule has 3 aromatic carbocycles. The Morgan fingerprint density at radius 1 is 0.939 bits per heavy atom. The third-order valence-electron chi connectivity index (χ3n) is 5.52. The van der Waals surface area contributed by atoms with Gasteiger partial charge in [0.15, 0.2) is 5.60 Å². The predicted octanol–water partition coefficient (Wildman–Crippen LogP) is 2.94. The number of anilines is 1. The van der Waals surface area contributed by atoms with Gasteiger partial charge in [-0.05, 0) is 42.3 Å². The molecule has 0 saturated carbocycles. The van der Waals surface area contributed by atoms with Gasteiger partial charge in [-0.1, -0.05) is 0 Å². The van der Waals surface area contributed by atoms with E-state index in [9.17, 15) is 29.7 Å². The van der Waals surface area contributed by atoms with Crippen LogP contribution in [0.5, 0.6) is 23.0 Å². The van der Waals surface area contributed by atoms with Crippen LogP contribution in [-0.4, -0.2) is 33.2 Å². The number of phenols is 2. The number of ether oxygens (including phenoxy) is 2. The molecule has 2 heterocycles. The molecule has 0 atom stereocenters. The van der Waals surface area contributed by atoms with E-state index in [0.29, 0.717) is 11.1 Å². The summed E-state index contributed by atoms with van der Waals surface area (Å²) in [7, 11) is 0. The zero-order valence-corrected chi connectivity index (χ0v) is 16.6. The molecule has 1 spiro atoms. The van der Waals surface area contributed by atoms with Crippen LogP contribution in [-0.2, 0) is 15.1 Å². The molecule has 162 valence electrons. The van der Waals surface area contributed by atoms with Gasteiger partial charge in [-0.15, -0.1) is 6.42 Å². The Bertz CT molecular complexity index is 1400. The maximum atomic E-state index is 13.0. The average Bonchev–Trinajstić information content (AvgIpc) is 3.04. The molecule has 0 saturated heterocycles. The fourth-order valence-corrected chi connectivity index (χ4v) is 4.18. The molecule has 33 heavy (non-hydrogen) atoms. The fraction of sp³-hybridized carbons (Fsp3) is 0.0417. The second kappa shape index (κ2) is 6.77. The van der Waals surface area contributed by atoms with Crippen molar-refractivity contribution >= 4 is 23.5 Å². The molecule has 0 bridgehead atoms. The minimum Gasteiger partial charge on any atom is -0.508 e. The summed E-state index contributed by atoms with van der Waals surface area (Å²) >= 11 is 0. The van der Waals surface area contributed by atoms with E-state index >= 15 is 0 Å². The van der Waals surface area contributed by atoms with Crippen molar-refractivity contribution in [2.45, 2.75) is 5.60 Å². The molecule has 9 heteroatoms. The summed E-state index contributed by atoms with van der Waals surface area (Å²) < 4.78 is 11.7. The lowest BCUT2D eigenvalue weighted by Crippen LogP contribution is -2.33. The predicted molar refractivity (Wildman–Crippen MR) is 112 cm³/mol. The van der Waals surface area contributed by atoms with Crippen molar-refractivity contribution in [3.63, 3.8) is 0 Å². The van der Waals surface area contributed by atoms with Gasteiger partial charge in [-0.25, -0.2) is 9.59 Å². The SMILES string of the molecule is C#CC(=O)Nc1cc2c(cc1C(=O)O)C1(OC2=O)c2ccc(O)cc2Oc2cc(O)ccc21. The largest absolute Gasteiger partial charge is 0.508 e. The first-order chi connectivity index (χ1) is 15.7. The first kappa shape index (κ1) is 20.0. The molecule has 9 nitrogen and oxygen atoms in total. The summed E-state index contributed by atoms with van der Waals surface area (Å²) in [6.07, 6.45) is 5.07. The summed E-state index contributed by atoms with van der Waals surface area (Å²) in [6.45, 7) is 0. The van der Waals surface area contributed by atoms with E-state index < -0.39 is 23.4 Å². The zero-order chi connectivity index (χ0) is 23.5. The number of aromatic hydroxyl groups is 2. The van der Waals surface area contributed by atoms with Gasteiger partial charge in [-0.3, -0.25) is 4.79 Å². The Morgan fingerprint density at radius 3 is 2.09 bits per heavy atom. The number of amides is 1. The first-order valence-electron chi connectivity index (χ1n) is 9.52. The third-order valence-corrected chi connectivity index (χ3v) is 5.52. The van der Waals surface area contributed by atoms with Gasteiger partial charge in [-0.2, -0.15) is 0 Å². The number of carbonyl (C=O) groups excluding carboxylic acids is 2. The van der Waals surface area contributed by atoms with Gasteiger partial charge in [0.25, 0.3) is 5.91 Å². The van der Waals surface area contributed by atoms with Gasteiger partial charge >= 0.3 is 11.9 Å². The number of hydrogen-bond acceptors (Lipinski definition) is 7. The van der Waals surface area contributed by atoms with Gasteiger partial charge < -0.3 is 30.1 Å². The average molecular weight is 443 g/mol. The Morgan fingerprint density at radius 2 is 1.55 bits per heavy atom. The highest BCUT2D eigenvalue weighted by Crippen LogP contribution is 2.57. The minimum atomic E-state index is -1.63. The van der Waals surface area contributed by atoms with Crippen LogP contribution in [0, 0.1) is 12.3 Å². The molecular weight excluding hydrogens is 430 g/mol. The van der Waals surface area contributed by atoms with E-state index in [1.165, 1.54) is 48.5 Å². The number of benzene rings is 3. The quantitative estimate of drug-likeness (QED) is 0.350. The molecule has 3 aromatic rings. The topological polar surface area (TPSA) is 142 Å². The summed E-state index contributed by atoms with van der Waals surface area (Å²) in [5, 5.41) is 32.0. The van der Waals surface area contributed by atoms with Gasteiger partial charge in [0.1, 0.15) is 23.0 Å². The Kier molecular flexibility index (Phi) is 4.09. The maximum absolute atomic E-state index is 13.0. The lowest BCUT2D eigenvalue weighted by atomic mass is 9.77. The molecule has 0 radical (unpaired) electrons. The normalized spacial score (nSPS) is 14.2. The second-order valence-corrected chi connectivity index (χ2v) is 7.38. The van der Waals surface area contributed by atoms with Crippen LogP contribution in [0.4, 0.5) is 5.69 Å². The van der Waals surface area contributed by atoms with E-state index in [2.05, 4.69) is 5.32 Å². The number of rotatable bonds is 2. The number of carboxylic acids is 1. The number of terminal acetylenes is 1. The number of carbonyl (C=O) groups is 3. The monoisotopic (exact) mass is 443 g/mol. The zero-order valence-electron chi connectivity index (χ0n) is 16.6. The number of nitrogens with one attached hydrogen (secondary N) is 1. The highest BCUT2D eigenvalue weighted by molar-refractivity contribution is 6.09. The fourth-order valence-electron chi connectivity index (χ4n) is 4.18. The highest BCUT2D eigenvalue weighted by Gasteiger charge is 2.54.